The zero-order chi connectivity index (χ0) is 20.1. The highest BCUT2D eigenvalue weighted by atomic mass is 32.1. The summed E-state index contributed by atoms with van der Waals surface area (Å²) in [7, 11) is 0. The summed E-state index contributed by atoms with van der Waals surface area (Å²) in [6.45, 7) is 9.09. The predicted molar refractivity (Wildman–Crippen MR) is 119 cm³/mol. The van der Waals surface area contributed by atoms with E-state index in [1.165, 1.54) is 4.88 Å². The van der Waals surface area contributed by atoms with Crippen LogP contribution in [0.25, 0.3) is 0 Å². The molecule has 0 unspecified atom stereocenters. The Labute approximate surface area is 177 Å². The zero-order valence-corrected chi connectivity index (χ0v) is 18.1. The highest BCUT2D eigenvalue weighted by Crippen LogP contribution is 2.29. The van der Waals surface area contributed by atoms with Gasteiger partial charge in [-0.1, -0.05) is 18.2 Å². The summed E-state index contributed by atoms with van der Waals surface area (Å²) in [4.78, 5) is 21.4. The first kappa shape index (κ1) is 20.2. The SMILES string of the molecule is CCOc1ccccc1N1CCN(C(=O)C2CCN(Cc3cccs3)CC2)CC1. The largest absolute Gasteiger partial charge is 0.492 e. The molecule has 2 aliphatic rings. The van der Waals surface area contributed by atoms with Gasteiger partial charge in [0.2, 0.25) is 5.91 Å². The molecule has 0 atom stereocenters. The maximum atomic E-state index is 13.1. The van der Waals surface area contributed by atoms with Crippen molar-refractivity contribution in [3.05, 3.63) is 46.7 Å². The van der Waals surface area contributed by atoms with Crippen molar-refractivity contribution in [2.75, 3.05) is 50.8 Å². The third-order valence-corrected chi connectivity index (χ3v) is 6.85. The van der Waals surface area contributed by atoms with Gasteiger partial charge in [0.25, 0.3) is 0 Å². The molecule has 1 aromatic heterocycles. The van der Waals surface area contributed by atoms with Crippen LogP contribution in [0.4, 0.5) is 5.69 Å². The minimum absolute atomic E-state index is 0.192. The maximum Gasteiger partial charge on any atom is 0.225 e. The third-order valence-electron chi connectivity index (χ3n) is 5.99. The lowest BCUT2D eigenvalue weighted by molar-refractivity contribution is -0.137. The van der Waals surface area contributed by atoms with Crippen LogP contribution >= 0.6 is 11.3 Å². The number of piperidine rings is 1. The number of nitrogens with zero attached hydrogens (tertiary/aromatic N) is 3. The van der Waals surface area contributed by atoms with E-state index < -0.39 is 0 Å². The van der Waals surface area contributed by atoms with Crippen LogP contribution in [-0.4, -0.2) is 61.6 Å². The first-order valence-corrected chi connectivity index (χ1v) is 11.6. The molecule has 0 bridgehead atoms. The van der Waals surface area contributed by atoms with Gasteiger partial charge >= 0.3 is 0 Å². The number of amides is 1. The summed E-state index contributed by atoms with van der Waals surface area (Å²) in [6.07, 6.45) is 1.97. The van der Waals surface area contributed by atoms with Crippen LogP contribution < -0.4 is 9.64 Å². The Morgan fingerprint density at radius 3 is 2.48 bits per heavy atom. The Kier molecular flexibility index (Phi) is 6.72. The van der Waals surface area contributed by atoms with Gasteiger partial charge in [-0.05, 0) is 56.4 Å². The molecule has 2 saturated heterocycles. The van der Waals surface area contributed by atoms with Gasteiger partial charge < -0.3 is 14.5 Å². The van der Waals surface area contributed by atoms with Crippen molar-refractivity contribution in [2.24, 2.45) is 5.92 Å². The Morgan fingerprint density at radius 2 is 1.79 bits per heavy atom. The van der Waals surface area contributed by atoms with Gasteiger partial charge in [-0.15, -0.1) is 11.3 Å². The molecule has 3 heterocycles. The van der Waals surface area contributed by atoms with E-state index in [1.54, 1.807) is 0 Å². The number of likely N-dealkylation sites (tertiary alicyclic amines) is 1. The first-order valence-electron chi connectivity index (χ1n) is 10.7. The van der Waals surface area contributed by atoms with Crippen LogP contribution in [0, 0.1) is 5.92 Å². The smallest absolute Gasteiger partial charge is 0.225 e. The maximum absolute atomic E-state index is 13.1. The molecule has 1 aromatic carbocycles. The van der Waals surface area contributed by atoms with Gasteiger partial charge in [0.05, 0.1) is 12.3 Å². The second kappa shape index (κ2) is 9.63. The van der Waals surface area contributed by atoms with Crippen molar-refractivity contribution < 1.29 is 9.53 Å². The molecule has 2 fully saturated rings. The summed E-state index contributed by atoms with van der Waals surface area (Å²) < 4.78 is 5.78. The number of carbonyl (C=O) groups excluding carboxylic acids is 1. The molecular weight excluding hydrogens is 382 g/mol. The number of rotatable bonds is 6. The van der Waals surface area contributed by atoms with E-state index in [-0.39, 0.29) is 5.92 Å². The minimum atomic E-state index is 0.192. The Hall–Kier alpha value is -2.05. The monoisotopic (exact) mass is 413 g/mol. The van der Waals surface area contributed by atoms with Crippen molar-refractivity contribution >= 4 is 22.9 Å². The van der Waals surface area contributed by atoms with Crippen LogP contribution in [-0.2, 0) is 11.3 Å². The average Bonchev–Trinajstić information content (AvgIpc) is 3.28. The van der Waals surface area contributed by atoms with E-state index in [2.05, 4.69) is 44.3 Å². The van der Waals surface area contributed by atoms with Gasteiger partial charge in [0.15, 0.2) is 0 Å². The van der Waals surface area contributed by atoms with E-state index >= 15 is 0 Å². The lowest BCUT2D eigenvalue weighted by Crippen LogP contribution is -2.51. The highest BCUT2D eigenvalue weighted by Gasteiger charge is 2.30. The standard InChI is InChI=1S/C23H31N3O2S/c1-2-28-22-8-4-3-7-21(22)25-13-15-26(16-14-25)23(27)19-9-11-24(12-10-19)18-20-6-5-17-29-20/h3-8,17,19H,2,9-16,18H2,1H3. The van der Waals surface area contributed by atoms with Crippen LogP contribution in [0.15, 0.2) is 41.8 Å². The number of thiophene rings is 1. The first-order chi connectivity index (χ1) is 14.2. The van der Waals surface area contributed by atoms with Gasteiger partial charge in [0.1, 0.15) is 5.75 Å². The molecule has 0 radical (unpaired) electrons. The summed E-state index contributed by atoms with van der Waals surface area (Å²) in [5, 5.41) is 2.14. The number of hydrogen-bond donors (Lipinski definition) is 0. The van der Waals surface area contributed by atoms with Crippen LogP contribution in [0.1, 0.15) is 24.6 Å². The van der Waals surface area contributed by atoms with Crippen molar-refractivity contribution in [3.63, 3.8) is 0 Å². The van der Waals surface area contributed by atoms with Crippen molar-refractivity contribution in [2.45, 2.75) is 26.3 Å². The third kappa shape index (κ3) is 4.93. The molecule has 0 aliphatic carbocycles. The number of carbonyl (C=O) groups is 1. The van der Waals surface area contributed by atoms with Gasteiger partial charge in [0, 0.05) is 43.5 Å². The van der Waals surface area contributed by atoms with Gasteiger partial charge in [-0.25, -0.2) is 0 Å². The van der Waals surface area contributed by atoms with E-state index in [0.29, 0.717) is 12.5 Å². The molecule has 6 heteroatoms. The molecule has 1 amide bonds. The molecule has 156 valence electrons. The molecule has 2 aliphatic heterocycles. The van der Waals surface area contributed by atoms with E-state index in [4.69, 9.17) is 4.74 Å². The normalized spacial score (nSPS) is 18.8. The molecule has 29 heavy (non-hydrogen) atoms. The number of hydrogen-bond acceptors (Lipinski definition) is 5. The Bertz CT molecular complexity index is 779. The van der Waals surface area contributed by atoms with Crippen LogP contribution in [0.2, 0.25) is 0 Å². The number of para-hydroxylation sites is 2. The van der Waals surface area contributed by atoms with E-state index in [0.717, 1.165) is 70.1 Å². The molecule has 0 spiro atoms. The summed E-state index contributed by atoms with van der Waals surface area (Å²) >= 11 is 1.82. The second-order valence-electron chi connectivity index (χ2n) is 7.84. The molecule has 4 rings (SSSR count). The Morgan fingerprint density at radius 1 is 1.03 bits per heavy atom. The fraction of sp³-hybridized carbons (Fsp3) is 0.522. The second-order valence-corrected chi connectivity index (χ2v) is 8.88. The van der Waals surface area contributed by atoms with Gasteiger partial charge in [-0.2, -0.15) is 0 Å². The fourth-order valence-corrected chi connectivity index (χ4v) is 5.13. The van der Waals surface area contributed by atoms with Crippen LogP contribution in [0.5, 0.6) is 5.75 Å². The lowest BCUT2D eigenvalue weighted by Gasteiger charge is -2.39. The number of anilines is 1. The molecular formula is C23H31N3O2S. The quantitative estimate of drug-likeness (QED) is 0.723. The van der Waals surface area contributed by atoms with Crippen LogP contribution in [0.3, 0.4) is 0 Å². The average molecular weight is 414 g/mol. The molecule has 0 N–H and O–H groups in total. The lowest BCUT2D eigenvalue weighted by atomic mass is 9.95. The molecule has 5 nitrogen and oxygen atoms in total. The van der Waals surface area contributed by atoms with E-state index in [1.807, 2.05) is 30.4 Å². The summed E-state index contributed by atoms with van der Waals surface area (Å²) in [6, 6.07) is 12.5. The number of piperazine rings is 1. The van der Waals surface area contributed by atoms with Crippen molar-refractivity contribution in [1.82, 2.24) is 9.80 Å². The minimum Gasteiger partial charge on any atom is -0.492 e. The van der Waals surface area contributed by atoms with E-state index in [9.17, 15) is 4.79 Å². The van der Waals surface area contributed by atoms with Crippen molar-refractivity contribution in [1.29, 1.82) is 0 Å². The summed E-state index contributed by atoms with van der Waals surface area (Å²) in [5.41, 5.74) is 1.14. The predicted octanol–water partition coefficient (Wildman–Crippen LogP) is 3.71. The van der Waals surface area contributed by atoms with Gasteiger partial charge in [-0.3, -0.25) is 9.69 Å². The number of ether oxygens (including phenoxy) is 1. The topological polar surface area (TPSA) is 36.0 Å². The fourth-order valence-electron chi connectivity index (χ4n) is 4.38. The molecule has 0 saturated carbocycles. The highest BCUT2D eigenvalue weighted by molar-refractivity contribution is 7.09. The Balaban J connectivity index is 1.26. The zero-order valence-electron chi connectivity index (χ0n) is 17.3. The number of benzene rings is 1. The summed E-state index contributed by atoms with van der Waals surface area (Å²) in [5.74, 6) is 1.49. The van der Waals surface area contributed by atoms with Crippen molar-refractivity contribution in [3.8, 4) is 5.75 Å². The molecule has 2 aromatic rings.